The Morgan fingerprint density at radius 3 is 2.36 bits per heavy atom. The number of benzene rings is 3. The first-order valence-electron chi connectivity index (χ1n) is 14.7. The maximum atomic E-state index is 14.6. The van der Waals surface area contributed by atoms with Gasteiger partial charge in [0.25, 0.3) is 10.0 Å². The number of ether oxygens (including phenoxy) is 3. The third-order valence-corrected chi connectivity index (χ3v) is 11.1. The summed E-state index contributed by atoms with van der Waals surface area (Å²) in [4.78, 5) is 43.1. The lowest BCUT2D eigenvalue weighted by atomic mass is 9.58. The van der Waals surface area contributed by atoms with E-state index in [0.29, 0.717) is 17.0 Å². The fourth-order valence-electron chi connectivity index (χ4n) is 7.39. The van der Waals surface area contributed by atoms with Crippen molar-refractivity contribution in [3.05, 3.63) is 103 Å². The number of allylic oxidation sites excluding steroid dienone is 1. The molecule has 2 amide bonds. The van der Waals surface area contributed by atoms with Crippen molar-refractivity contribution in [2.24, 2.45) is 11.8 Å². The van der Waals surface area contributed by atoms with Crippen molar-refractivity contribution in [3.8, 4) is 5.75 Å². The number of para-hydroxylation sites is 1. The number of carbonyl (C=O) groups excluding carboxylic acids is 3. The number of fused-ring (bicyclic) bond motifs is 5. The van der Waals surface area contributed by atoms with Crippen molar-refractivity contribution in [1.82, 2.24) is 4.90 Å². The highest BCUT2D eigenvalue weighted by atomic mass is 32.2. The molecule has 0 bridgehead atoms. The molecule has 0 N–H and O–H groups in total. The highest BCUT2D eigenvalue weighted by Gasteiger charge is 2.70. The van der Waals surface area contributed by atoms with E-state index in [-0.39, 0.29) is 36.7 Å². The fraction of sp³-hybridized carbons (Fsp3) is 0.324. The summed E-state index contributed by atoms with van der Waals surface area (Å²) in [6, 6.07) is 20.2. The Morgan fingerprint density at radius 2 is 1.69 bits per heavy atom. The number of anilines is 1. The number of amides is 2. The van der Waals surface area contributed by atoms with Gasteiger partial charge >= 0.3 is 6.09 Å². The van der Waals surface area contributed by atoms with Crippen LogP contribution in [0.2, 0.25) is 0 Å². The second-order valence-corrected chi connectivity index (χ2v) is 13.3. The number of sulfonamides is 1. The summed E-state index contributed by atoms with van der Waals surface area (Å²) in [5.41, 5.74) is 0.332. The van der Waals surface area contributed by atoms with Gasteiger partial charge in [-0.2, -0.15) is 0 Å². The van der Waals surface area contributed by atoms with Crippen molar-refractivity contribution < 1.29 is 37.0 Å². The van der Waals surface area contributed by atoms with Gasteiger partial charge in [0.1, 0.15) is 11.5 Å². The van der Waals surface area contributed by atoms with Gasteiger partial charge in [0.05, 0.1) is 61.4 Å². The van der Waals surface area contributed by atoms with Crippen LogP contribution in [0.3, 0.4) is 0 Å². The topological polar surface area (TPSA) is 120 Å². The van der Waals surface area contributed by atoms with E-state index in [1.54, 1.807) is 42.5 Å². The molecule has 3 aliphatic rings. The van der Waals surface area contributed by atoms with Crippen molar-refractivity contribution in [2.75, 3.05) is 25.1 Å². The van der Waals surface area contributed by atoms with E-state index in [9.17, 15) is 22.8 Å². The Balaban J connectivity index is 1.49. The number of imide groups is 1. The van der Waals surface area contributed by atoms with Crippen molar-refractivity contribution in [1.29, 1.82) is 0 Å². The normalized spacial score (nSPS) is 25.4. The molecule has 6 rings (SSSR count). The SMILES string of the molecule is C=CC[C@@]12C(=O)C[C@@H]3[C@@H](C(=O)N(C(=O)OC)[C@H]3COCc3ccccc3)[C@@H]1N(S(=O)(=O)c1ccc(OC)cc1)c1ccccc12. The Labute approximate surface area is 262 Å². The Bertz CT molecular complexity index is 1740. The van der Waals surface area contributed by atoms with E-state index < -0.39 is 51.4 Å². The fourth-order valence-corrected chi connectivity index (χ4v) is 9.13. The molecule has 0 spiro atoms. The first-order valence-corrected chi connectivity index (χ1v) is 16.1. The molecule has 0 aromatic heterocycles. The molecule has 2 fully saturated rings. The summed E-state index contributed by atoms with van der Waals surface area (Å²) in [7, 11) is -1.67. The van der Waals surface area contributed by atoms with Crippen LogP contribution in [-0.2, 0) is 41.1 Å². The van der Waals surface area contributed by atoms with E-state index >= 15 is 0 Å². The van der Waals surface area contributed by atoms with Crippen LogP contribution in [-0.4, -0.2) is 64.0 Å². The number of likely N-dealkylation sites (tertiary alicyclic amines) is 1. The number of hydrogen-bond donors (Lipinski definition) is 0. The molecule has 234 valence electrons. The number of carbonyl (C=O) groups is 3. The van der Waals surface area contributed by atoms with Crippen LogP contribution >= 0.6 is 0 Å². The quantitative estimate of drug-likeness (QED) is 0.318. The maximum Gasteiger partial charge on any atom is 0.416 e. The van der Waals surface area contributed by atoms with Gasteiger partial charge in [-0.15, -0.1) is 6.58 Å². The molecule has 3 aromatic rings. The van der Waals surface area contributed by atoms with E-state index in [0.717, 1.165) is 10.5 Å². The molecular weight excluding hydrogens is 596 g/mol. The van der Waals surface area contributed by atoms with Crippen LogP contribution in [0.25, 0.3) is 0 Å². The molecule has 0 unspecified atom stereocenters. The molecule has 2 heterocycles. The third kappa shape index (κ3) is 4.72. The van der Waals surface area contributed by atoms with Gasteiger partial charge in [-0.25, -0.2) is 18.1 Å². The minimum absolute atomic E-state index is 0.0277. The van der Waals surface area contributed by atoms with Crippen LogP contribution < -0.4 is 9.04 Å². The van der Waals surface area contributed by atoms with Crippen molar-refractivity contribution in [2.45, 2.75) is 41.8 Å². The van der Waals surface area contributed by atoms with Crippen LogP contribution in [0.5, 0.6) is 5.75 Å². The number of methoxy groups -OCH3 is 2. The molecule has 2 aliphatic heterocycles. The van der Waals surface area contributed by atoms with Crippen LogP contribution in [0.4, 0.5) is 10.5 Å². The molecule has 0 radical (unpaired) electrons. The Hall–Kier alpha value is -4.48. The van der Waals surface area contributed by atoms with Crippen LogP contribution in [0, 0.1) is 11.8 Å². The molecule has 1 saturated heterocycles. The van der Waals surface area contributed by atoms with E-state index in [1.165, 1.54) is 30.7 Å². The number of ketones is 1. The molecule has 5 atom stereocenters. The minimum Gasteiger partial charge on any atom is -0.497 e. The standard InChI is InChI=1S/C34H34N2O8S/c1-4-18-34-26-12-8-9-13-27(26)36(45(40,41)24-16-14-23(42-2)15-17-24)31(34)30-25(19-29(34)37)28(35(32(30)38)33(39)43-3)21-44-20-22-10-6-5-7-11-22/h4-17,25,28,30-31H,1,18-21H2,2-3H3/t25-,28-,30+,31-,34+/m0/s1. The zero-order valence-corrected chi connectivity index (χ0v) is 25.8. The number of Topliss-reactive ketones (excluding diaryl/α,β-unsaturated/α-hetero) is 1. The number of nitrogens with zero attached hydrogens (tertiary/aromatic N) is 2. The predicted molar refractivity (Wildman–Crippen MR) is 165 cm³/mol. The summed E-state index contributed by atoms with van der Waals surface area (Å²) >= 11 is 0. The van der Waals surface area contributed by atoms with Gasteiger partial charge in [-0.3, -0.25) is 13.9 Å². The largest absolute Gasteiger partial charge is 0.497 e. The van der Waals surface area contributed by atoms with Crippen LogP contribution in [0.15, 0.2) is 96.4 Å². The third-order valence-electron chi connectivity index (χ3n) is 9.30. The first-order chi connectivity index (χ1) is 21.7. The lowest BCUT2D eigenvalue weighted by molar-refractivity contribution is -0.135. The molecular formula is C34H34N2O8S. The summed E-state index contributed by atoms with van der Waals surface area (Å²) < 4.78 is 46.7. The Kier molecular flexibility index (Phi) is 8.00. The lowest BCUT2D eigenvalue weighted by Gasteiger charge is -2.46. The van der Waals surface area contributed by atoms with E-state index in [4.69, 9.17) is 14.2 Å². The predicted octanol–water partition coefficient (Wildman–Crippen LogP) is 4.49. The average molecular weight is 631 g/mol. The van der Waals surface area contributed by atoms with Gasteiger partial charge in [0, 0.05) is 12.3 Å². The lowest BCUT2D eigenvalue weighted by Crippen LogP contribution is -2.61. The summed E-state index contributed by atoms with van der Waals surface area (Å²) in [6.45, 7) is 4.07. The second-order valence-electron chi connectivity index (χ2n) is 11.5. The second kappa shape index (κ2) is 11.8. The zero-order chi connectivity index (χ0) is 31.9. The molecule has 3 aromatic carbocycles. The van der Waals surface area contributed by atoms with Crippen LogP contribution in [0.1, 0.15) is 24.0 Å². The van der Waals surface area contributed by atoms with E-state index in [1.807, 2.05) is 30.3 Å². The van der Waals surface area contributed by atoms with Gasteiger partial charge in [-0.05, 0) is 47.9 Å². The molecule has 11 heteroatoms. The highest BCUT2D eigenvalue weighted by Crippen LogP contribution is 2.59. The summed E-state index contributed by atoms with van der Waals surface area (Å²) in [6.07, 6.45) is 0.748. The van der Waals surface area contributed by atoms with Crippen molar-refractivity contribution >= 4 is 33.5 Å². The molecule has 1 aliphatic carbocycles. The van der Waals surface area contributed by atoms with Gasteiger partial charge in [0.2, 0.25) is 5.91 Å². The van der Waals surface area contributed by atoms with Crippen molar-refractivity contribution in [3.63, 3.8) is 0 Å². The Morgan fingerprint density at radius 1 is 1.00 bits per heavy atom. The van der Waals surface area contributed by atoms with E-state index in [2.05, 4.69) is 6.58 Å². The molecule has 45 heavy (non-hydrogen) atoms. The summed E-state index contributed by atoms with van der Waals surface area (Å²) in [5.74, 6) is -2.11. The maximum absolute atomic E-state index is 14.6. The minimum atomic E-state index is -4.33. The summed E-state index contributed by atoms with van der Waals surface area (Å²) in [5, 5.41) is 0. The number of hydrogen-bond acceptors (Lipinski definition) is 8. The zero-order valence-electron chi connectivity index (χ0n) is 25.0. The average Bonchev–Trinajstić information content (AvgIpc) is 3.51. The molecule has 1 saturated carbocycles. The monoisotopic (exact) mass is 630 g/mol. The van der Waals surface area contributed by atoms with Gasteiger partial charge in [0.15, 0.2) is 0 Å². The highest BCUT2D eigenvalue weighted by molar-refractivity contribution is 7.93. The molecule has 10 nitrogen and oxygen atoms in total. The smallest absolute Gasteiger partial charge is 0.416 e. The van der Waals surface area contributed by atoms with Gasteiger partial charge < -0.3 is 14.2 Å². The van der Waals surface area contributed by atoms with Gasteiger partial charge in [-0.1, -0.05) is 54.6 Å². The number of rotatable bonds is 9. The first kappa shape index (κ1) is 30.5.